The topological polar surface area (TPSA) is 87.7 Å². The molecule has 0 aliphatic carbocycles. The molecule has 3 rings (SSSR count). The van der Waals surface area contributed by atoms with Crippen LogP contribution in [0.5, 0.6) is 0 Å². The average Bonchev–Trinajstić information content (AvgIpc) is 3.11. The Morgan fingerprint density at radius 3 is 2.80 bits per heavy atom. The zero-order valence-electron chi connectivity index (χ0n) is 18.2. The van der Waals surface area contributed by atoms with Crippen molar-refractivity contribution in [1.82, 2.24) is 19.8 Å². The number of nitrogens with one attached hydrogen (secondary N) is 1. The van der Waals surface area contributed by atoms with E-state index >= 15 is 0 Å². The molecule has 2 aromatic heterocycles. The van der Waals surface area contributed by atoms with Crippen LogP contribution in [0, 0.1) is 12.8 Å². The molecule has 0 spiro atoms. The van der Waals surface area contributed by atoms with Gasteiger partial charge in [0.15, 0.2) is 0 Å². The molecule has 1 aliphatic heterocycles. The Hall–Kier alpha value is -2.26. The molecule has 8 nitrogen and oxygen atoms in total. The maximum Gasteiger partial charge on any atom is 0.264 e. The number of carbonyl (C=O) groups is 2. The Labute approximate surface area is 181 Å². The highest BCUT2D eigenvalue weighted by Gasteiger charge is 2.32. The fourth-order valence-corrected chi connectivity index (χ4v) is 5.10. The van der Waals surface area contributed by atoms with Crippen molar-refractivity contribution in [2.75, 3.05) is 51.8 Å². The molecule has 1 atom stereocenters. The van der Waals surface area contributed by atoms with Crippen molar-refractivity contribution in [3.05, 3.63) is 16.8 Å². The molecule has 1 unspecified atom stereocenters. The van der Waals surface area contributed by atoms with E-state index in [2.05, 4.69) is 15.3 Å². The van der Waals surface area contributed by atoms with Crippen LogP contribution in [0.3, 0.4) is 0 Å². The number of methoxy groups -OCH3 is 1. The number of piperidine rings is 1. The van der Waals surface area contributed by atoms with E-state index in [1.165, 1.54) is 17.7 Å². The summed E-state index contributed by atoms with van der Waals surface area (Å²) in [6.45, 7) is 9.68. The number of anilines is 1. The van der Waals surface area contributed by atoms with E-state index in [-0.39, 0.29) is 17.7 Å². The van der Waals surface area contributed by atoms with Crippen LogP contribution >= 0.6 is 11.3 Å². The third-order valence-electron chi connectivity index (χ3n) is 5.65. The van der Waals surface area contributed by atoms with Gasteiger partial charge in [-0.3, -0.25) is 9.59 Å². The van der Waals surface area contributed by atoms with Gasteiger partial charge in [0.05, 0.1) is 22.8 Å². The van der Waals surface area contributed by atoms with E-state index in [1.54, 1.807) is 7.11 Å². The van der Waals surface area contributed by atoms with Gasteiger partial charge in [-0.2, -0.15) is 0 Å². The first kappa shape index (κ1) is 22.4. The molecule has 0 aromatic carbocycles. The Morgan fingerprint density at radius 2 is 2.10 bits per heavy atom. The van der Waals surface area contributed by atoms with Crippen LogP contribution in [0.25, 0.3) is 10.2 Å². The first-order valence-corrected chi connectivity index (χ1v) is 11.4. The standard InChI is InChI=1S/C21H31N5O3S/c1-5-25(6-2)20(27)15-8-7-10-26(12-15)21(28)17-14(3)16-18(22-9-11-29-4)23-13-24-19(16)30-17/h13,15H,5-12H2,1-4H3,(H,22,23,24). The number of fused-ring (bicyclic) bond motifs is 1. The normalized spacial score (nSPS) is 16.7. The summed E-state index contributed by atoms with van der Waals surface area (Å²) < 4.78 is 5.10. The predicted molar refractivity (Wildman–Crippen MR) is 119 cm³/mol. The molecule has 1 saturated heterocycles. The number of nitrogens with zero attached hydrogens (tertiary/aromatic N) is 4. The second-order valence-electron chi connectivity index (χ2n) is 7.48. The molecule has 0 bridgehead atoms. The SMILES string of the molecule is CCN(CC)C(=O)C1CCCN(C(=O)c2sc3ncnc(NCCOC)c3c2C)C1. The van der Waals surface area contributed by atoms with Crippen molar-refractivity contribution < 1.29 is 14.3 Å². The van der Waals surface area contributed by atoms with Crippen molar-refractivity contribution in [3.63, 3.8) is 0 Å². The summed E-state index contributed by atoms with van der Waals surface area (Å²) in [5.41, 5.74) is 0.887. The molecule has 3 heterocycles. The number of amides is 2. The lowest BCUT2D eigenvalue weighted by Crippen LogP contribution is -2.46. The fraction of sp³-hybridized carbons (Fsp3) is 0.619. The molecule has 1 aliphatic rings. The van der Waals surface area contributed by atoms with Crippen molar-refractivity contribution in [2.45, 2.75) is 33.6 Å². The first-order valence-electron chi connectivity index (χ1n) is 10.6. The minimum Gasteiger partial charge on any atom is -0.383 e. The Morgan fingerprint density at radius 1 is 1.33 bits per heavy atom. The molecule has 1 fully saturated rings. The van der Waals surface area contributed by atoms with Gasteiger partial charge in [0.1, 0.15) is 17.0 Å². The van der Waals surface area contributed by atoms with E-state index in [0.29, 0.717) is 44.2 Å². The molecule has 164 valence electrons. The number of ether oxygens (including phenoxy) is 1. The molecular formula is C21H31N5O3S. The van der Waals surface area contributed by atoms with Crippen molar-refractivity contribution in [1.29, 1.82) is 0 Å². The second-order valence-corrected chi connectivity index (χ2v) is 8.48. The third-order valence-corrected chi connectivity index (χ3v) is 6.84. The molecular weight excluding hydrogens is 402 g/mol. The van der Waals surface area contributed by atoms with Crippen LogP contribution in [0.2, 0.25) is 0 Å². The number of rotatable bonds is 8. The number of aromatic nitrogens is 2. The second kappa shape index (κ2) is 10.2. The van der Waals surface area contributed by atoms with E-state index < -0.39 is 0 Å². The summed E-state index contributed by atoms with van der Waals surface area (Å²) in [6, 6.07) is 0. The highest BCUT2D eigenvalue weighted by molar-refractivity contribution is 7.20. The number of hydrogen-bond acceptors (Lipinski definition) is 7. The lowest BCUT2D eigenvalue weighted by molar-refractivity contribution is -0.136. The van der Waals surface area contributed by atoms with E-state index in [9.17, 15) is 9.59 Å². The zero-order valence-corrected chi connectivity index (χ0v) is 19.0. The molecule has 2 amide bonds. The molecule has 9 heteroatoms. The Balaban J connectivity index is 1.81. The monoisotopic (exact) mass is 433 g/mol. The highest BCUT2D eigenvalue weighted by atomic mass is 32.1. The van der Waals surface area contributed by atoms with E-state index in [0.717, 1.165) is 34.4 Å². The van der Waals surface area contributed by atoms with Crippen LogP contribution < -0.4 is 5.32 Å². The van der Waals surface area contributed by atoms with Crippen molar-refractivity contribution >= 4 is 39.2 Å². The van der Waals surface area contributed by atoms with Gasteiger partial charge in [0, 0.05) is 39.8 Å². The zero-order chi connectivity index (χ0) is 21.7. The minimum absolute atomic E-state index is 0.0182. The largest absolute Gasteiger partial charge is 0.383 e. The average molecular weight is 434 g/mol. The van der Waals surface area contributed by atoms with Gasteiger partial charge >= 0.3 is 0 Å². The van der Waals surface area contributed by atoms with Crippen molar-refractivity contribution in [3.8, 4) is 0 Å². The number of likely N-dealkylation sites (tertiary alicyclic amines) is 1. The highest BCUT2D eigenvalue weighted by Crippen LogP contribution is 2.34. The maximum atomic E-state index is 13.4. The van der Waals surface area contributed by atoms with Crippen LogP contribution in [-0.4, -0.2) is 78.0 Å². The van der Waals surface area contributed by atoms with E-state index in [1.807, 2.05) is 30.6 Å². The van der Waals surface area contributed by atoms with Gasteiger partial charge in [-0.15, -0.1) is 11.3 Å². The number of aryl methyl sites for hydroxylation is 1. The Bertz CT molecular complexity index is 896. The van der Waals surface area contributed by atoms with Gasteiger partial charge in [-0.1, -0.05) is 0 Å². The third kappa shape index (κ3) is 4.57. The summed E-state index contributed by atoms with van der Waals surface area (Å²) in [7, 11) is 1.65. The Kier molecular flexibility index (Phi) is 7.60. The molecule has 0 radical (unpaired) electrons. The van der Waals surface area contributed by atoms with Gasteiger partial charge < -0.3 is 19.9 Å². The molecule has 2 aromatic rings. The predicted octanol–water partition coefficient (Wildman–Crippen LogP) is 2.78. The van der Waals surface area contributed by atoms with Gasteiger partial charge in [0.2, 0.25) is 5.91 Å². The lowest BCUT2D eigenvalue weighted by Gasteiger charge is -2.34. The quantitative estimate of drug-likeness (QED) is 0.644. The summed E-state index contributed by atoms with van der Waals surface area (Å²) in [6.07, 6.45) is 3.20. The minimum atomic E-state index is -0.122. The van der Waals surface area contributed by atoms with Crippen molar-refractivity contribution in [2.24, 2.45) is 5.92 Å². The molecule has 0 saturated carbocycles. The number of thiophene rings is 1. The lowest BCUT2D eigenvalue weighted by atomic mass is 9.96. The maximum absolute atomic E-state index is 13.4. The van der Waals surface area contributed by atoms with Crippen LogP contribution in [-0.2, 0) is 9.53 Å². The first-order chi connectivity index (χ1) is 14.5. The van der Waals surface area contributed by atoms with Crippen LogP contribution in [0.15, 0.2) is 6.33 Å². The summed E-state index contributed by atoms with van der Waals surface area (Å²) >= 11 is 1.40. The van der Waals surface area contributed by atoms with Crippen LogP contribution in [0.1, 0.15) is 41.9 Å². The van der Waals surface area contributed by atoms with E-state index in [4.69, 9.17) is 4.74 Å². The van der Waals surface area contributed by atoms with Gasteiger partial charge in [-0.25, -0.2) is 9.97 Å². The van der Waals surface area contributed by atoms with Gasteiger partial charge in [0.25, 0.3) is 5.91 Å². The smallest absolute Gasteiger partial charge is 0.264 e. The van der Waals surface area contributed by atoms with Crippen LogP contribution in [0.4, 0.5) is 5.82 Å². The number of hydrogen-bond donors (Lipinski definition) is 1. The van der Waals surface area contributed by atoms with Gasteiger partial charge in [-0.05, 0) is 39.2 Å². The summed E-state index contributed by atoms with van der Waals surface area (Å²) in [4.78, 5) is 40.0. The summed E-state index contributed by atoms with van der Waals surface area (Å²) in [5.74, 6) is 0.734. The molecule has 1 N–H and O–H groups in total. The summed E-state index contributed by atoms with van der Waals surface area (Å²) in [5, 5.41) is 4.15. The fourth-order valence-electron chi connectivity index (χ4n) is 3.98. The molecule has 30 heavy (non-hydrogen) atoms. The number of carbonyl (C=O) groups excluding carboxylic acids is 2.